The molecule has 1 aliphatic rings. The second-order valence-electron chi connectivity index (χ2n) is 10.6. The van der Waals surface area contributed by atoms with Crippen molar-refractivity contribution in [1.29, 1.82) is 0 Å². The van der Waals surface area contributed by atoms with Gasteiger partial charge in [-0.1, -0.05) is 48.5 Å². The number of rotatable bonds is 10. The van der Waals surface area contributed by atoms with Gasteiger partial charge in [0.25, 0.3) is 0 Å². The number of piperazine rings is 1. The van der Waals surface area contributed by atoms with Crippen molar-refractivity contribution in [3.05, 3.63) is 120 Å². The Hall–Kier alpha value is -4.82. The zero-order valence-electron chi connectivity index (χ0n) is 23.6. The van der Waals surface area contributed by atoms with Crippen molar-refractivity contribution in [3.8, 4) is 0 Å². The van der Waals surface area contributed by atoms with E-state index in [2.05, 4.69) is 86.3 Å². The van der Waals surface area contributed by atoms with E-state index >= 15 is 0 Å². The molecule has 1 aliphatic heterocycles. The number of fused-ring (bicyclic) bond motifs is 1. The van der Waals surface area contributed by atoms with Gasteiger partial charge in [0.15, 0.2) is 0 Å². The maximum atomic E-state index is 12.5. The molecule has 42 heavy (non-hydrogen) atoms. The Morgan fingerprint density at radius 3 is 2.45 bits per heavy atom. The molecule has 8 heteroatoms. The monoisotopic (exact) mass is 560 g/mol. The van der Waals surface area contributed by atoms with Gasteiger partial charge in [0.1, 0.15) is 6.61 Å². The molecule has 0 radical (unpaired) electrons. The van der Waals surface area contributed by atoms with Gasteiger partial charge in [-0.05, 0) is 60.0 Å². The van der Waals surface area contributed by atoms with E-state index in [0.29, 0.717) is 19.7 Å². The van der Waals surface area contributed by atoms with Gasteiger partial charge in [0, 0.05) is 79.6 Å². The van der Waals surface area contributed by atoms with Gasteiger partial charge in [-0.25, -0.2) is 4.79 Å². The summed E-state index contributed by atoms with van der Waals surface area (Å²) in [6, 6.07) is 30.6. The molecule has 1 fully saturated rings. The van der Waals surface area contributed by atoms with Crippen LogP contribution in [0.5, 0.6) is 0 Å². The normalized spacial score (nSPS) is 13.7. The second kappa shape index (κ2) is 13.2. The number of hydrogen-bond donors (Lipinski definition) is 3. The van der Waals surface area contributed by atoms with E-state index in [9.17, 15) is 4.79 Å². The molecule has 2 aromatic heterocycles. The molecule has 0 atom stereocenters. The maximum absolute atomic E-state index is 12.5. The molecule has 0 bridgehead atoms. The molecule has 0 spiro atoms. The largest absolute Gasteiger partial charge is 0.445 e. The summed E-state index contributed by atoms with van der Waals surface area (Å²) < 4.78 is 5.49. The Labute approximate surface area is 246 Å². The summed E-state index contributed by atoms with van der Waals surface area (Å²) in [4.78, 5) is 24.5. The fraction of sp³-hybridized carbons (Fsp3) is 0.235. The third kappa shape index (κ3) is 7.08. The molecule has 8 nitrogen and oxygen atoms in total. The predicted octanol–water partition coefficient (Wildman–Crippen LogP) is 6.42. The fourth-order valence-corrected chi connectivity index (χ4v) is 5.29. The lowest BCUT2D eigenvalue weighted by molar-refractivity contribution is 0.0698. The van der Waals surface area contributed by atoms with Gasteiger partial charge >= 0.3 is 6.09 Å². The summed E-state index contributed by atoms with van der Waals surface area (Å²) in [6.45, 7) is 4.77. The summed E-state index contributed by atoms with van der Waals surface area (Å²) >= 11 is 0. The summed E-state index contributed by atoms with van der Waals surface area (Å²) in [6.07, 6.45) is 4.65. The first-order valence-electron chi connectivity index (χ1n) is 14.5. The van der Waals surface area contributed by atoms with Gasteiger partial charge < -0.3 is 25.3 Å². The molecular formula is C34H36N6O2. The lowest BCUT2D eigenvalue weighted by Gasteiger charge is -2.33. The Bertz CT molecular complexity index is 1590. The first-order chi connectivity index (χ1) is 20.7. The van der Waals surface area contributed by atoms with Crippen LogP contribution in [0.4, 0.5) is 21.9 Å². The molecule has 1 saturated heterocycles. The average molecular weight is 561 g/mol. The van der Waals surface area contributed by atoms with E-state index in [4.69, 9.17) is 4.74 Å². The van der Waals surface area contributed by atoms with Gasteiger partial charge in [-0.15, -0.1) is 0 Å². The Morgan fingerprint density at radius 2 is 1.62 bits per heavy atom. The highest BCUT2D eigenvalue weighted by Gasteiger charge is 2.22. The number of pyridine rings is 1. The molecule has 6 rings (SSSR count). The summed E-state index contributed by atoms with van der Waals surface area (Å²) in [5.74, 6) is 0. The summed E-state index contributed by atoms with van der Waals surface area (Å²) in [5, 5.41) is 8.31. The van der Waals surface area contributed by atoms with Crippen molar-refractivity contribution in [3.63, 3.8) is 0 Å². The average Bonchev–Trinajstić information content (AvgIpc) is 3.45. The van der Waals surface area contributed by atoms with Crippen molar-refractivity contribution in [2.24, 2.45) is 0 Å². The van der Waals surface area contributed by atoms with E-state index in [-0.39, 0.29) is 6.09 Å². The minimum atomic E-state index is -0.252. The van der Waals surface area contributed by atoms with Crippen molar-refractivity contribution in [2.45, 2.75) is 19.6 Å². The second-order valence-corrected chi connectivity index (χ2v) is 10.6. The molecule has 0 unspecified atom stereocenters. The molecule has 3 N–H and O–H groups in total. The molecule has 3 heterocycles. The first-order valence-corrected chi connectivity index (χ1v) is 14.5. The molecule has 0 aliphatic carbocycles. The zero-order valence-corrected chi connectivity index (χ0v) is 23.6. The lowest BCUT2D eigenvalue weighted by atomic mass is 10.1. The first kappa shape index (κ1) is 27.4. The van der Waals surface area contributed by atoms with Crippen LogP contribution in [0.2, 0.25) is 0 Å². The number of anilines is 3. The minimum absolute atomic E-state index is 0.252. The van der Waals surface area contributed by atoms with Crippen LogP contribution >= 0.6 is 0 Å². The fourth-order valence-electron chi connectivity index (χ4n) is 5.29. The third-order valence-corrected chi connectivity index (χ3v) is 7.61. The van der Waals surface area contributed by atoms with Crippen LogP contribution < -0.4 is 10.6 Å². The van der Waals surface area contributed by atoms with E-state index in [1.165, 1.54) is 16.5 Å². The molecule has 5 aromatic rings. The number of carbonyl (C=O) groups is 1. The predicted molar refractivity (Wildman–Crippen MR) is 168 cm³/mol. The maximum Gasteiger partial charge on any atom is 0.410 e. The number of aromatic nitrogens is 2. The molecule has 0 saturated carbocycles. The molecular weight excluding hydrogens is 524 g/mol. The number of para-hydroxylation sites is 1. The number of nitrogens with one attached hydrogen (secondary N) is 3. The van der Waals surface area contributed by atoms with Gasteiger partial charge in [0.2, 0.25) is 0 Å². The van der Waals surface area contributed by atoms with Crippen LogP contribution in [0, 0.1) is 0 Å². The Balaban J connectivity index is 0.943. The van der Waals surface area contributed by atoms with Crippen molar-refractivity contribution >= 4 is 34.1 Å². The molecule has 1 amide bonds. The smallest absolute Gasteiger partial charge is 0.410 e. The number of ether oxygens (including phenoxy) is 1. The number of aromatic amines is 1. The number of H-pyrrole nitrogens is 1. The molecule has 3 aromatic carbocycles. The summed E-state index contributed by atoms with van der Waals surface area (Å²) in [7, 11) is 0. The number of hydrogen-bond acceptors (Lipinski definition) is 6. The van der Waals surface area contributed by atoms with Crippen LogP contribution in [-0.4, -0.2) is 58.6 Å². The summed E-state index contributed by atoms with van der Waals surface area (Å²) in [5.41, 5.74) is 7.62. The number of benzene rings is 3. The number of amides is 1. The van der Waals surface area contributed by atoms with E-state index in [1.807, 2.05) is 42.6 Å². The van der Waals surface area contributed by atoms with E-state index in [0.717, 1.165) is 60.9 Å². The topological polar surface area (TPSA) is 85.5 Å². The van der Waals surface area contributed by atoms with Crippen LogP contribution in [0.25, 0.3) is 10.9 Å². The van der Waals surface area contributed by atoms with E-state index < -0.39 is 0 Å². The van der Waals surface area contributed by atoms with Gasteiger partial charge in [0.05, 0.1) is 5.69 Å². The van der Waals surface area contributed by atoms with Crippen molar-refractivity contribution in [2.75, 3.05) is 43.4 Å². The quantitative estimate of drug-likeness (QED) is 0.183. The molecule has 214 valence electrons. The minimum Gasteiger partial charge on any atom is -0.445 e. The van der Waals surface area contributed by atoms with Crippen molar-refractivity contribution in [1.82, 2.24) is 19.8 Å². The number of nitrogens with zero attached hydrogens (tertiary/aromatic N) is 3. The van der Waals surface area contributed by atoms with Crippen LogP contribution in [0.15, 0.2) is 103 Å². The lowest BCUT2D eigenvalue weighted by Crippen LogP contribution is -2.48. The van der Waals surface area contributed by atoms with E-state index in [1.54, 1.807) is 4.90 Å². The highest BCUT2D eigenvalue weighted by molar-refractivity contribution is 5.83. The number of carbonyl (C=O) groups excluding carboxylic acids is 1. The standard InChI is InChI=1S/C34H36N6O2/c41-34(42-25-26-6-2-1-3-7-26)40-20-18-39(19-21-40)24-31-22-30(15-17-36-31)38-29-12-10-28(11-13-29)35-16-14-27-23-37-33-9-5-4-8-32(27)33/h1-13,15,17,22-23,35,37H,14,16,18-21,24-25H2,(H,36,38). The van der Waals surface area contributed by atoms with Crippen LogP contribution in [0.3, 0.4) is 0 Å². The highest BCUT2D eigenvalue weighted by atomic mass is 16.6. The van der Waals surface area contributed by atoms with Crippen LogP contribution in [-0.2, 0) is 24.3 Å². The van der Waals surface area contributed by atoms with Gasteiger partial charge in [-0.2, -0.15) is 0 Å². The van der Waals surface area contributed by atoms with Crippen molar-refractivity contribution < 1.29 is 9.53 Å². The van der Waals surface area contributed by atoms with Gasteiger partial charge in [-0.3, -0.25) is 9.88 Å². The Kier molecular flexibility index (Phi) is 8.62. The van der Waals surface area contributed by atoms with Crippen LogP contribution in [0.1, 0.15) is 16.8 Å². The zero-order chi connectivity index (χ0) is 28.6. The third-order valence-electron chi connectivity index (χ3n) is 7.61. The Morgan fingerprint density at radius 1 is 0.857 bits per heavy atom. The highest BCUT2D eigenvalue weighted by Crippen LogP contribution is 2.21. The SMILES string of the molecule is O=C(OCc1ccccc1)N1CCN(Cc2cc(Nc3ccc(NCCc4c[nH]c5ccccc45)cc3)ccn2)CC1.